The summed E-state index contributed by atoms with van der Waals surface area (Å²) in [5.74, 6) is -0.325. The summed E-state index contributed by atoms with van der Waals surface area (Å²) in [7, 11) is -3.40. The van der Waals surface area contributed by atoms with Crippen LogP contribution >= 0.6 is 0 Å². The minimum absolute atomic E-state index is 0.000255. The topological polar surface area (TPSA) is 83.6 Å². The Morgan fingerprint density at radius 3 is 2.52 bits per heavy atom. The molecule has 0 radical (unpaired) electrons. The summed E-state index contributed by atoms with van der Waals surface area (Å²) < 4.78 is 23.8. The van der Waals surface area contributed by atoms with Crippen LogP contribution in [0, 0.1) is 11.8 Å². The summed E-state index contributed by atoms with van der Waals surface area (Å²) in [5.41, 5.74) is 0.995. The molecule has 1 N–H and O–H groups in total. The fourth-order valence-electron chi connectivity index (χ4n) is 4.07. The maximum atomic E-state index is 13.4. The van der Waals surface area contributed by atoms with E-state index in [-0.39, 0.29) is 28.5 Å². The highest BCUT2D eigenvalue weighted by Crippen LogP contribution is 2.39. The van der Waals surface area contributed by atoms with Crippen LogP contribution < -0.4 is 10.2 Å². The number of carbonyl (C=O) groups excluding carboxylic acids is 2. The molecule has 1 aromatic rings. The molecule has 0 aromatic heterocycles. The van der Waals surface area contributed by atoms with Gasteiger partial charge in [-0.15, -0.1) is 0 Å². The van der Waals surface area contributed by atoms with Gasteiger partial charge in [0.25, 0.3) is 0 Å². The molecule has 1 unspecified atom stereocenters. The SMILES string of the molecule is CCC(C)[C@H]1C(=O)Nc2cc(S(C)(=O)=O)ccc2N1C(=O)C1CCCCC1. The van der Waals surface area contributed by atoms with E-state index in [1.54, 1.807) is 11.0 Å². The maximum absolute atomic E-state index is 13.4. The van der Waals surface area contributed by atoms with Crippen LogP contribution in [0.15, 0.2) is 23.1 Å². The third kappa shape index (κ3) is 3.88. The normalized spacial score (nSPS) is 22.1. The molecule has 148 valence electrons. The third-order valence-corrected chi connectivity index (χ3v) is 6.95. The lowest BCUT2D eigenvalue weighted by molar-refractivity contribution is -0.128. The van der Waals surface area contributed by atoms with E-state index in [9.17, 15) is 18.0 Å². The van der Waals surface area contributed by atoms with Gasteiger partial charge in [-0.2, -0.15) is 0 Å². The van der Waals surface area contributed by atoms with Crippen molar-refractivity contribution in [1.29, 1.82) is 0 Å². The van der Waals surface area contributed by atoms with Crippen LogP contribution in [0.2, 0.25) is 0 Å². The van der Waals surface area contributed by atoms with Crippen molar-refractivity contribution < 1.29 is 18.0 Å². The Morgan fingerprint density at radius 2 is 1.93 bits per heavy atom. The zero-order valence-corrected chi connectivity index (χ0v) is 17.0. The number of benzene rings is 1. The van der Waals surface area contributed by atoms with Crippen LogP contribution in [-0.4, -0.2) is 32.5 Å². The summed E-state index contributed by atoms with van der Waals surface area (Å²) >= 11 is 0. The lowest BCUT2D eigenvalue weighted by Gasteiger charge is -2.41. The summed E-state index contributed by atoms with van der Waals surface area (Å²) in [6, 6.07) is 4.05. The molecule has 1 aliphatic carbocycles. The number of sulfone groups is 1. The lowest BCUT2D eigenvalue weighted by atomic mass is 9.86. The van der Waals surface area contributed by atoms with Gasteiger partial charge in [-0.25, -0.2) is 8.42 Å². The average Bonchev–Trinajstić information content (AvgIpc) is 2.65. The number of carbonyl (C=O) groups is 2. The molecule has 6 nitrogen and oxygen atoms in total. The van der Waals surface area contributed by atoms with Gasteiger partial charge < -0.3 is 5.32 Å². The number of rotatable bonds is 4. The molecule has 1 fully saturated rings. The first-order valence-electron chi connectivity index (χ1n) is 9.72. The number of amides is 2. The maximum Gasteiger partial charge on any atom is 0.247 e. The Morgan fingerprint density at radius 1 is 1.26 bits per heavy atom. The fourth-order valence-corrected chi connectivity index (χ4v) is 4.72. The van der Waals surface area contributed by atoms with E-state index >= 15 is 0 Å². The molecule has 1 aromatic carbocycles. The molecule has 0 bridgehead atoms. The molecule has 0 spiro atoms. The highest BCUT2D eigenvalue weighted by molar-refractivity contribution is 7.90. The summed E-state index contributed by atoms with van der Waals surface area (Å²) in [6.07, 6.45) is 6.80. The standard InChI is InChI=1S/C20H28N2O4S/c1-4-13(2)18-19(23)21-16-12-15(27(3,25)26)10-11-17(16)22(18)20(24)14-8-6-5-7-9-14/h10-14,18H,4-9H2,1-3H3,(H,21,23)/t13?,18-/m0/s1. The number of nitrogens with zero attached hydrogens (tertiary/aromatic N) is 1. The molecule has 2 amide bonds. The highest BCUT2D eigenvalue weighted by atomic mass is 32.2. The van der Waals surface area contributed by atoms with Gasteiger partial charge in [0.1, 0.15) is 6.04 Å². The monoisotopic (exact) mass is 392 g/mol. The van der Waals surface area contributed by atoms with Crippen LogP contribution in [0.1, 0.15) is 52.4 Å². The molecule has 1 saturated carbocycles. The average molecular weight is 393 g/mol. The molecular formula is C20H28N2O4S. The van der Waals surface area contributed by atoms with Gasteiger partial charge >= 0.3 is 0 Å². The van der Waals surface area contributed by atoms with E-state index in [2.05, 4.69) is 5.32 Å². The van der Waals surface area contributed by atoms with Gasteiger partial charge in [0.2, 0.25) is 11.8 Å². The molecule has 2 aliphatic rings. The van der Waals surface area contributed by atoms with Crippen molar-refractivity contribution in [1.82, 2.24) is 0 Å². The van der Waals surface area contributed by atoms with Crippen molar-refractivity contribution in [2.45, 2.75) is 63.3 Å². The Bertz CT molecular complexity index is 844. The summed E-state index contributed by atoms with van der Waals surface area (Å²) in [4.78, 5) is 28.0. The first kappa shape index (κ1) is 19.9. The Balaban J connectivity index is 2.07. The molecule has 2 atom stereocenters. The van der Waals surface area contributed by atoms with Gasteiger partial charge in [0.05, 0.1) is 16.3 Å². The van der Waals surface area contributed by atoms with E-state index in [0.29, 0.717) is 11.4 Å². The van der Waals surface area contributed by atoms with Crippen LogP contribution in [0.3, 0.4) is 0 Å². The largest absolute Gasteiger partial charge is 0.322 e. The van der Waals surface area contributed by atoms with Crippen molar-refractivity contribution in [3.63, 3.8) is 0 Å². The van der Waals surface area contributed by atoms with Crippen molar-refractivity contribution in [3.05, 3.63) is 18.2 Å². The fraction of sp³-hybridized carbons (Fsp3) is 0.600. The summed E-state index contributed by atoms with van der Waals surface area (Å²) in [5, 5.41) is 2.83. The number of anilines is 2. The Kier molecular flexibility index (Phi) is 5.60. The van der Waals surface area contributed by atoms with Crippen LogP contribution in [0.4, 0.5) is 11.4 Å². The van der Waals surface area contributed by atoms with E-state index in [4.69, 9.17) is 0 Å². The molecule has 7 heteroatoms. The smallest absolute Gasteiger partial charge is 0.247 e. The Hall–Kier alpha value is -1.89. The molecule has 1 aliphatic heterocycles. The highest BCUT2D eigenvalue weighted by Gasteiger charge is 2.42. The molecule has 3 rings (SSSR count). The number of fused-ring (bicyclic) bond motifs is 1. The van der Waals surface area contributed by atoms with E-state index in [0.717, 1.165) is 44.8 Å². The lowest BCUT2D eigenvalue weighted by Crippen LogP contribution is -2.55. The third-order valence-electron chi connectivity index (χ3n) is 5.84. The predicted molar refractivity (Wildman–Crippen MR) is 105 cm³/mol. The molecular weight excluding hydrogens is 364 g/mol. The van der Waals surface area contributed by atoms with E-state index in [1.807, 2.05) is 13.8 Å². The van der Waals surface area contributed by atoms with Crippen molar-refractivity contribution >= 4 is 33.0 Å². The second kappa shape index (κ2) is 7.62. The van der Waals surface area contributed by atoms with Crippen LogP contribution in [-0.2, 0) is 19.4 Å². The van der Waals surface area contributed by atoms with Gasteiger partial charge in [-0.1, -0.05) is 39.5 Å². The number of nitrogens with one attached hydrogen (secondary N) is 1. The minimum atomic E-state index is -3.40. The zero-order chi connectivity index (χ0) is 19.8. The zero-order valence-electron chi connectivity index (χ0n) is 16.2. The van der Waals surface area contributed by atoms with Crippen molar-refractivity contribution in [2.75, 3.05) is 16.5 Å². The van der Waals surface area contributed by atoms with E-state index in [1.165, 1.54) is 12.1 Å². The Labute approximate surface area is 161 Å². The second-order valence-corrected chi connectivity index (χ2v) is 9.83. The first-order valence-corrected chi connectivity index (χ1v) is 11.6. The first-order chi connectivity index (χ1) is 12.7. The molecule has 27 heavy (non-hydrogen) atoms. The van der Waals surface area contributed by atoms with Crippen LogP contribution in [0.5, 0.6) is 0 Å². The second-order valence-electron chi connectivity index (χ2n) is 7.81. The van der Waals surface area contributed by atoms with Crippen molar-refractivity contribution in [2.24, 2.45) is 11.8 Å². The van der Waals surface area contributed by atoms with E-state index < -0.39 is 15.9 Å². The van der Waals surface area contributed by atoms with Gasteiger partial charge in [0, 0.05) is 12.2 Å². The van der Waals surface area contributed by atoms with Crippen molar-refractivity contribution in [3.8, 4) is 0 Å². The molecule has 0 saturated heterocycles. The number of hydrogen-bond donors (Lipinski definition) is 1. The molecule has 1 heterocycles. The predicted octanol–water partition coefficient (Wildman–Crippen LogP) is 3.37. The quantitative estimate of drug-likeness (QED) is 0.851. The minimum Gasteiger partial charge on any atom is -0.322 e. The van der Waals surface area contributed by atoms with Gasteiger partial charge in [-0.3, -0.25) is 14.5 Å². The van der Waals surface area contributed by atoms with Crippen LogP contribution in [0.25, 0.3) is 0 Å². The van der Waals surface area contributed by atoms with Gasteiger partial charge in [0.15, 0.2) is 9.84 Å². The number of hydrogen-bond acceptors (Lipinski definition) is 4. The van der Waals surface area contributed by atoms with Gasteiger partial charge in [-0.05, 0) is 37.0 Å². The summed E-state index contributed by atoms with van der Waals surface area (Å²) in [6.45, 7) is 3.98.